The van der Waals surface area contributed by atoms with Gasteiger partial charge in [-0.05, 0) is 36.8 Å². The Labute approximate surface area is 168 Å². The van der Waals surface area contributed by atoms with Crippen molar-refractivity contribution in [2.75, 3.05) is 21.3 Å². The number of benzene rings is 2. The third kappa shape index (κ3) is 3.76. The molecule has 1 aliphatic heterocycles. The maximum Gasteiger partial charge on any atom is 0.310 e. The summed E-state index contributed by atoms with van der Waals surface area (Å²) in [5, 5.41) is 0. The van der Waals surface area contributed by atoms with Gasteiger partial charge in [-0.2, -0.15) is 0 Å². The molecule has 1 aliphatic rings. The van der Waals surface area contributed by atoms with E-state index in [0.29, 0.717) is 45.4 Å². The van der Waals surface area contributed by atoms with Gasteiger partial charge >= 0.3 is 5.97 Å². The van der Waals surface area contributed by atoms with Crippen molar-refractivity contribution in [3.63, 3.8) is 0 Å². The molecule has 2 aromatic rings. The summed E-state index contributed by atoms with van der Waals surface area (Å²) in [7, 11) is 4.54. The molecule has 0 saturated heterocycles. The van der Waals surface area contributed by atoms with Crippen LogP contribution in [0.1, 0.15) is 34.8 Å². The van der Waals surface area contributed by atoms with Crippen LogP contribution in [0.3, 0.4) is 0 Å². The van der Waals surface area contributed by atoms with Crippen LogP contribution in [0.15, 0.2) is 30.0 Å². The van der Waals surface area contributed by atoms with Crippen LogP contribution in [-0.4, -0.2) is 33.1 Å². The van der Waals surface area contributed by atoms with Crippen molar-refractivity contribution in [3.05, 3.63) is 46.7 Å². The number of carbonyl (C=O) groups excluding carboxylic acids is 2. The van der Waals surface area contributed by atoms with E-state index in [9.17, 15) is 9.59 Å². The number of hydrogen-bond donors (Lipinski definition) is 0. The molecule has 0 amide bonds. The molecule has 0 aromatic heterocycles. The molecule has 7 nitrogen and oxygen atoms in total. The number of Topliss-reactive ketones (excluding diaryl/α,β-unsaturated/α-hetero) is 1. The van der Waals surface area contributed by atoms with Crippen molar-refractivity contribution >= 4 is 17.8 Å². The third-order valence-electron chi connectivity index (χ3n) is 4.49. The second-order valence-electron chi connectivity index (χ2n) is 6.30. The molecular formula is C22H22O7. The molecule has 29 heavy (non-hydrogen) atoms. The van der Waals surface area contributed by atoms with E-state index in [1.165, 1.54) is 21.3 Å². The predicted molar refractivity (Wildman–Crippen MR) is 106 cm³/mol. The van der Waals surface area contributed by atoms with Crippen molar-refractivity contribution in [3.8, 4) is 28.7 Å². The summed E-state index contributed by atoms with van der Waals surface area (Å²) in [5.74, 6) is 1.53. The molecule has 7 heteroatoms. The molecule has 0 aliphatic carbocycles. The van der Waals surface area contributed by atoms with Crippen molar-refractivity contribution in [1.82, 2.24) is 0 Å². The topological polar surface area (TPSA) is 80.3 Å². The lowest BCUT2D eigenvalue weighted by Gasteiger charge is -2.14. The zero-order valence-electron chi connectivity index (χ0n) is 17.0. The van der Waals surface area contributed by atoms with Crippen LogP contribution in [-0.2, 0) is 4.79 Å². The van der Waals surface area contributed by atoms with Gasteiger partial charge in [-0.3, -0.25) is 9.59 Å². The molecule has 0 unspecified atom stereocenters. The van der Waals surface area contributed by atoms with Crippen molar-refractivity contribution in [2.45, 2.75) is 20.3 Å². The summed E-state index contributed by atoms with van der Waals surface area (Å²) >= 11 is 0. The molecule has 0 saturated carbocycles. The first-order chi connectivity index (χ1) is 13.9. The highest BCUT2D eigenvalue weighted by molar-refractivity contribution is 6.15. The van der Waals surface area contributed by atoms with Crippen molar-refractivity contribution < 1.29 is 33.3 Å². The lowest BCUT2D eigenvalue weighted by molar-refractivity contribution is -0.134. The largest absolute Gasteiger partial charge is 0.493 e. The second-order valence-corrected chi connectivity index (χ2v) is 6.30. The average molecular weight is 398 g/mol. The molecular weight excluding hydrogens is 376 g/mol. The first-order valence-corrected chi connectivity index (χ1v) is 9.02. The Bertz CT molecular complexity index is 1000. The molecule has 0 radical (unpaired) electrons. The maximum atomic E-state index is 12.9. The van der Waals surface area contributed by atoms with Gasteiger partial charge in [0.1, 0.15) is 11.5 Å². The number of hydrogen-bond acceptors (Lipinski definition) is 7. The minimum Gasteiger partial charge on any atom is -0.493 e. The Balaban J connectivity index is 2.01. The number of esters is 1. The van der Waals surface area contributed by atoms with E-state index in [-0.39, 0.29) is 23.9 Å². The Kier molecular flexibility index (Phi) is 5.77. The van der Waals surface area contributed by atoms with Gasteiger partial charge in [0.05, 0.1) is 26.9 Å². The van der Waals surface area contributed by atoms with Crippen molar-refractivity contribution in [2.24, 2.45) is 0 Å². The number of rotatable bonds is 6. The van der Waals surface area contributed by atoms with Crippen LogP contribution in [0.5, 0.6) is 28.7 Å². The highest BCUT2D eigenvalue weighted by Gasteiger charge is 2.31. The number of carbonyl (C=O) groups is 2. The van der Waals surface area contributed by atoms with E-state index in [1.807, 2.05) is 0 Å². The molecule has 1 heterocycles. The molecule has 0 atom stereocenters. The summed E-state index contributed by atoms with van der Waals surface area (Å²) < 4.78 is 27.2. The second kappa shape index (κ2) is 8.26. The average Bonchev–Trinajstić information content (AvgIpc) is 3.02. The van der Waals surface area contributed by atoms with E-state index in [2.05, 4.69) is 0 Å². The minimum absolute atomic E-state index is 0.132. The Morgan fingerprint density at radius 1 is 1.07 bits per heavy atom. The van der Waals surface area contributed by atoms with Gasteiger partial charge in [-0.1, -0.05) is 6.92 Å². The third-order valence-corrected chi connectivity index (χ3v) is 4.49. The van der Waals surface area contributed by atoms with Crippen molar-refractivity contribution in [1.29, 1.82) is 0 Å². The van der Waals surface area contributed by atoms with Crippen LogP contribution in [0, 0.1) is 6.92 Å². The van der Waals surface area contributed by atoms with E-state index >= 15 is 0 Å². The van der Waals surface area contributed by atoms with E-state index in [0.717, 1.165) is 0 Å². The number of allylic oxidation sites excluding steroid dienone is 1. The zero-order chi connectivity index (χ0) is 21.1. The molecule has 0 N–H and O–H groups in total. The fraction of sp³-hybridized carbons (Fsp3) is 0.273. The lowest BCUT2D eigenvalue weighted by Crippen LogP contribution is -2.06. The van der Waals surface area contributed by atoms with Gasteiger partial charge in [0.25, 0.3) is 0 Å². The van der Waals surface area contributed by atoms with Gasteiger partial charge < -0.3 is 23.7 Å². The van der Waals surface area contributed by atoms with Gasteiger partial charge in [0, 0.05) is 18.1 Å². The first-order valence-electron chi connectivity index (χ1n) is 9.02. The van der Waals surface area contributed by atoms with E-state index in [1.54, 1.807) is 44.2 Å². The Hall–Kier alpha value is -3.48. The van der Waals surface area contributed by atoms with E-state index in [4.69, 9.17) is 23.7 Å². The number of ketones is 1. The van der Waals surface area contributed by atoms with Crippen LogP contribution in [0.25, 0.3) is 6.08 Å². The maximum absolute atomic E-state index is 12.9. The molecule has 0 bridgehead atoms. The fourth-order valence-corrected chi connectivity index (χ4v) is 3.12. The lowest BCUT2D eigenvalue weighted by atomic mass is 10.0. The van der Waals surface area contributed by atoms with Gasteiger partial charge in [0.15, 0.2) is 17.3 Å². The summed E-state index contributed by atoms with van der Waals surface area (Å²) in [6.45, 7) is 3.48. The summed E-state index contributed by atoms with van der Waals surface area (Å²) in [6.07, 6.45) is 1.83. The molecule has 2 aromatic carbocycles. The van der Waals surface area contributed by atoms with Gasteiger partial charge in [-0.25, -0.2) is 0 Å². The fourth-order valence-electron chi connectivity index (χ4n) is 3.12. The standard InChI is InChI=1S/C22H22O7/c1-6-18(23)28-14-9-12(2)19-16(11-14)29-17(20(19)24)10-13-7-8-15(25-3)22(27-5)21(13)26-4/h7-11H,6H2,1-5H3/b17-10-. The molecule has 0 fully saturated rings. The Morgan fingerprint density at radius 3 is 2.41 bits per heavy atom. The van der Waals surface area contributed by atoms with E-state index < -0.39 is 0 Å². The Morgan fingerprint density at radius 2 is 1.79 bits per heavy atom. The number of ether oxygens (including phenoxy) is 5. The monoisotopic (exact) mass is 398 g/mol. The van der Waals surface area contributed by atoms with Crippen LogP contribution in [0.4, 0.5) is 0 Å². The number of methoxy groups -OCH3 is 3. The predicted octanol–water partition coefficient (Wildman–Crippen LogP) is 3.95. The minimum atomic E-state index is -0.362. The zero-order valence-corrected chi connectivity index (χ0v) is 17.0. The highest BCUT2D eigenvalue weighted by atomic mass is 16.5. The summed E-state index contributed by atoms with van der Waals surface area (Å²) in [5.41, 5.74) is 1.69. The SMILES string of the molecule is CCC(=O)Oc1cc(C)c2c(c1)O/C(=C\c1ccc(OC)c(OC)c1OC)C2=O. The number of aryl methyl sites for hydroxylation is 1. The molecule has 3 rings (SSSR count). The normalized spacial score (nSPS) is 13.7. The first kappa shape index (κ1) is 20.3. The number of fused-ring (bicyclic) bond motifs is 1. The molecule has 152 valence electrons. The van der Waals surface area contributed by atoms with Crippen LogP contribution < -0.4 is 23.7 Å². The van der Waals surface area contributed by atoms with Crippen LogP contribution in [0.2, 0.25) is 0 Å². The van der Waals surface area contributed by atoms with Crippen LogP contribution >= 0.6 is 0 Å². The summed E-state index contributed by atoms with van der Waals surface area (Å²) in [6, 6.07) is 6.65. The smallest absolute Gasteiger partial charge is 0.310 e. The van der Waals surface area contributed by atoms with Gasteiger partial charge in [-0.15, -0.1) is 0 Å². The van der Waals surface area contributed by atoms with Gasteiger partial charge in [0.2, 0.25) is 11.5 Å². The molecule has 0 spiro atoms. The quantitative estimate of drug-likeness (QED) is 0.414. The highest BCUT2D eigenvalue weighted by Crippen LogP contribution is 2.42. The summed E-state index contributed by atoms with van der Waals surface area (Å²) in [4.78, 5) is 24.5.